The summed E-state index contributed by atoms with van der Waals surface area (Å²) in [6.07, 6.45) is 2.86. The Morgan fingerprint density at radius 2 is 2.20 bits per heavy atom. The first-order chi connectivity index (χ1) is 4.71. The number of hydrogen-bond acceptors (Lipinski definition) is 2. The monoisotopic (exact) mass is 142 g/mol. The molecule has 0 amide bonds. The fourth-order valence-electron chi connectivity index (χ4n) is 1.01. The molecule has 0 N–H and O–H groups in total. The number of hydrogen-bond donors (Lipinski definition) is 0. The van der Waals surface area contributed by atoms with Gasteiger partial charge in [0.05, 0.1) is 0 Å². The summed E-state index contributed by atoms with van der Waals surface area (Å²) in [5.41, 5.74) is -0.337. The summed E-state index contributed by atoms with van der Waals surface area (Å²) in [5.74, 6) is 0.195. The van der Waals surface area contributed by atoms with E-state index in [4.69, 9.17) is 4.74 Å². The number of carbonyl (C=O) groups excluding carboxylic acids is 1. The number of Topliss-reactive ketones (excluding diaryl/α,β-unsaturated/α-hetero) is 1. The molecular formula is C8H14O2. The quantitative estimate of drug-likeness (QED) is 0.595. The molecule has 1 fully saturated rings. The third kappa shape index (κ3) is 1.37. The van der Waals surface area contributed by atoms with Crippen LogP contribution in [0.1, 0.15) is 33.1 Å². The lowest BCUT2D eigenvalue weighted by Gasteiger charge is -2.10. The molecule has 0 aromatic rings. The van der Waals surface area contributed by atoms with Gasteiger partial charge in [0.25, 0.3) is 0 Å². The van der Waals surface area contributed by atoms with Gasteiger partial charge in [0, 0.05) is 6.61 Å². The maximum Gasteiger partial charge on any atom is 0.161 e. The Bertz CT molecular complexity index is 136. The van der Waals surface area contributed by atoms with Crippen LogP contribution in [0.5, 0.6) is 0 Å². The zero-order valence-corrected chi connectivity index (χ0v) is 6.64. The Kier molecular flexibility index (Phi) is 2.09. The van der Waals surface area contributed by atoms with Crippen LogP contribution in [0.25, 0.3) is 0 Å². The van der Waals surface area contributed by atoms with Crippen molar-refractivity contribution in [2.24, 2.45) is 0 Å². The van der Waals surface area contributed by atoms with Gasteiger partial charge in [0.1, 0.15) is 5.60 Å². The van der Waals surface area contributed by atoms with E-state index in [2.05, 4.69) is 6.92 Å². The van der Waals surface area contributed by atoms with Crippen LogP contribution in [0.3, 0.4) is 0 Å². The normalized spacial score (nSPS) is 20.6. The van der Waals surface area contributed by atoms with Crippen LogP contribution in [0, 0.1) is 0 Å². The highest BCUT2D eigenvalue weighted by Gasteiger charge is 2.48. The second-order valence-corrected chi connectivity index (χ2v) is 2.90. The molecule has 0 aromatic carbocycles. The van der Waals surface area contributed by atoms with Crippen LogP contribution in [-0.4, -0.2) is 18.0 Å². The maximum atomic E-state index is 10.9. The van der Waals surface area contributed by atoms with Gasteiger partial charge in [-0.3, -0.25) is 4.79 Å². The minimum atomic E-state index is -0.337. The Hall–Kier alpha value is -0.370. The zero-order chi connectivity index (χ0) is 7.61. The minimum Gasteiger partial charge on any atom is -0.367 e. The molecule has 1 rings (SSSR count). The van der Waals surface area contributed by atoms with Crippen molar-refractivity contribution in [3.05, 3.63) is 0 Å². The summed E-state index contributed by atoms with van der Waals surface area (Å²) in [7, 11) is 0. The van der Waals surface area contributed by atoms with E-state index in [0.717, 1.165) is 25.9 Å². The molecule has 2 heteroatoms. The largest absolute Gasteiger partial charge is 0.367 e. The third-order valence-electron chi connectivity index (χ3n) is 1.93. The highest BCUT2D eigenvalue weighted by atomic mass is 16.5. The van der Waals surface area contributed by atoms with Crippen molar-refractivity contribution in [3.8, 4) is 0 Å². The van der Waals surface area contributed by atoms with Gasteiger partial charge in [-0.25, -0.2) is 0 Å². The zero-order valence-electron chi connectivity index (χ0n) is 6.64. The Labute approximate surface area is 61.6 Å². The number of ketones is 1. The molecule has 0 saturated heterocycles. The minimum absolute atomic E-state index is 0.195. The van der Waals surface area contributed by atoms with Gasteiger partial charge in [-0.2, -0.15) is 0 Å². The lowest BCUT2D eigenvalue weighted by Crippen LogP contribution is -2.23. The van der Waals surface area contributed by atoms with Crippen LogP contribution in [0.15, 0.2) is 0 Å². The highest BCUT2D eigenvalue weighted by Crippen LogP contribution is 2.40. The average Bonchev–Trinajstić information content (AvgIpc) is 2.64. The van der Waals surface area contributed by atoms with Gasteiger partial charge in [0.2, 0.25) is 0 Å². The van der Waals surface area contributed by atoms with Crippen molar-refractivity contribution in [1.29, 1.82) is 0 Å². The number of ether oxygens (including phenoxy) is 1. The molecule has 1 aliphatic rings. The molecular weight excluding hydrogens is 128 g/mol. The van der Waals surface area contributed by atoms with Crippen molar-refractivity contribution in [1.82, 2.24) is 0 Å². The first kappa shape index (κ1) is 7.73. The molecule has 10 heavy (non-hydrogen) atoms. The standard InChI is InChI=1S/C8H14O2/c1-3-6-10-8(4-5-8)7(2)9/h3-6H2,1-2H3. The summed E-state index contributed by atoms with van der Waals surface area (Å²) in [5, 5.41) is 0. The van der Waals surface area contributed by atoms with E-state index >= 15 is 0 Å². The Morgan fingerprint density at radius 3 is 2.50 bits per heavy atom. The molecule has 0 heterocycles. The van der Waals surface area contributed by atoms with Crippen LogP contribution >= 0.6 is 0 Å². The Balaban J connectivity index is 2.31. The molecule has 0 bridgehead atoms. The van der Waals surface area contributed by atoms with Crippen molar-refractivity contribution in [3.63, 3.8) is 0 Å². The van der Waals surface area contributed by atoms with E-state index in [1.807, 2.05) is 0 Å². The van der Waals surface area contributed by atoms with E-state index in [1.165, 1.54) is 0 Å². The van der Waals surface area contributed by atoms with Crippen LogP contribution in [0.4, 0.5) is 0 Å². The number of rotatable bonds is 4. The summed E-state index contributed by atoms with van der Waals surface area (Å²) in [4.78, 5) is 10.9. The summed E-state index contributed by atoms with van der Waals surface area (Å²) >= 11 is 0. The lowest BCUT2D eigenvalue weighted by atomic mass is 10.2. The molecule has 0 atom stereocenters. The van der Waals surface area contributed by atoms with Crippen molar-refractivity contribution < 1.29 is 9.53 Å². The topological polar surface area (TPSA) is 26.3 Å². The molecule has 1 aliphatic carbocycles. The maximum absolute atomic E-state index is 10.9. The predicted octanol–water partition coefficient (Wildman–Crippen LogP) is 1.53. The summed E-state index contributed by atoms with van der Waals surface area (Å²) in [6, 6.07) is 0. The molecule has 1 saturated carbocycles. The molecule has 0 unspecified atom stereocenters. The fraction of sp³-hybridized carbons (Fsp3) is 0.875. The predicted molar refractivity (Wildman–Crippen MR) is 38.9 cm³/mol. The van der Waals surface area contributed by atoms with Crippen molar-refractivity contribution in [2.45, 2.75) is 38.7 Å². The van der Waals surface area contributed by atoms with E-state index in [1.54, 1.807) is 6.92 Å². The van der Waals surface area contributed by atoms with Gasteiger partial charge in [-0.1, -0.05) is 6.92 Å². The molecule has 0 radical (unpaired) electrons. The molecule has 0 spiro atoms. The molecule has 2 nitrogen and oxygen atoms in total. The first-order valence-electron chi connectivity index (χ1n) is 3.86. The average molecular weight is 142 g/mol. The number of carbonyl (C=O) groups is 1. The smallest absolute Gasteiger partial charge is 0.161 e. The van der Waals surface area contributed by atoms with Crippen LogP contribution in [0.2, 0.25) is 0 Å². The van der Waals surface area contributed by atoms with Gasteiger partial charge < -0.3 is 4.74 Å². The third-order valence-corrected chi connectivity index (χ3v) is 1.93. The van der Waals surface area contributed by atoms with E-state index in [-0.39, 0.29) is 11.4 Å². The molecule has 0 aliphatic heterocycles. The van der Waals surface area contributed by atoms with Gasteiger partial charge >= 0.3 is 0 Å². The van der Waals surface area contributed by atoms with E-state index < -0.39 is 0 Å². The summed E-state index contributed by atoms with van der Waals surface area (Å²) in [6.45, 7) is 4.39. The summed E-state index contributed by atoms with van der Waals surface area (Å²) < 4.78 is 5.40. The highest BCUT2D eigenvalue weighted by molar-refractivity contribution is 5.87. The lowest BCUT2D eigenvalue weighted by molar-refractivity contribution is -0.131. The second kappa shape index (κ2) is 2.70. The van der Waals surface area contributed by atoms with Crippen molar-refractivity contribution >= 4 is 5.78 Å². The fourth-order valence-corrected chi connectivity index (χ4v) is 1.01. The van der Waals surface area contributed by atoms with Gasteiger partial charge in [-0.05, 0) is 26.2 Å². The van der Waals surface area contributed by atoms with Crippen LogP contribution in [-0.2, 0) is 9.53 Å². The van der Waals surface area contributed by atoms with Crippen LogP contribution < -0.4 is 0 Å². The van der Waals surface area contributed by atoms with E-state index in [9.17, 15) is 4.79 Å². The van der Waals surface area contributed by atoms with Gasteiger partial charge in [0.15, 0.2) is 5.78 Å². The van der Waals surface area contributed by atoms with Gasteiger partial charge in [-0.15, -0.1) is 0 Å². The molecule has 58 valence electrons. The van der Waals surface area contributed by atoms with Crippen molar-refractivity contribution in [2.75, 3.05) is 6.61 Å². The SMILES string of the molecule is CCCOC1(C(C)=O)CC1. The molecule has 0 aromatic heterocycles. The second-order valence-electron chi connectivity index (χ2n) is 2.90. The Morgan fingerprint density at radius 1 is 1.60 bits per heavy atom. The first-order valence-corrected chi connectivity index (χ1v) is 3.86. The van der Waals surface area contributed by atoms with E-state index in [0.29, 0.717) is 0 Å².